The monoisotopic (exact) mass is 1220 g/mol. The molecule has 0 saturated heterocycles. The lowest BCUT2D eigenvalue weighted by atomic mass is 10.0. The molecule has 0 aliphatic rings. The van der Waals surface area contributed by atoms with Crippen LogP contribution in [0.1, 0.15) is 62.6 Å². The number of hydrogen-bond donors (Lipinski definition) is 20. The number of aromatic amines is 1. The molecule has 87 heavy (non-hydrogen) atoms. The number of nitrogens with two attached hydrogens (primary N) is 6. The fraction of sp³-hybridized carbons (Fsp3) is 0.418. The summed E-state index contributed by atoms with van der Waals surface area (Å²) >= 11 is 0. The molecule has 472 valence electrons. The van der Waals surface area contributed by atoms with Crippen molar-refractivity contribution < 1.29 is 73.5 Å². The number of carboxylic acids is 1. The molecule has 32 heteroatoms. The number of phenols is 2. The quantitative estimate of drug-likeness (QED) is 0.0116. The largest absolute Gasteiger partial charge is 0.508 e. The summed E-state index contributed by atoms with van der Waals surface area (Å²) in [6.45, 7) is 1.51. The molecule has 1 heterocycles. The Bertz CT molecular complexity index is 3090. The number of aromatic nitrogens is 1. The predicted octanol–water partition coefficient (Wildman–Crippen LogP) is -5.73. The molecule has 32 nitrogen and oxygen atoms in total. The molecule has 0 unspecified atom stereocenters. The molecule has 0 aliphatic carbocycles. The number of H-pyrrole nitrogens is 1. The Morgan fingerprint density at radius 1 is 0.529 bits per heavy atom. The van der Waals surface area contributed by atoms with Gasteiger partial charge < -0.3 is 107 Å². The Hall–Kier alpha value is -10.1. The van der Waals surface area contributed by atoms with Gasteiger partial charge in [0.05, 0.1) is 19.1 Å². The summed E-state index contributed by atoms with van der Waals surface area (Å²) in [5.74, 6) is -11.6. The number of carbonyl (C=O) groups is 10. The lowest BCUT2D eigenvalue weighted by Crippen LogP contribution is -2.62. The van der Waals surface area contributed by atoms with Crippen molar-refractivity contribution in [3.05, 3.63) is 95.7 Å². The van der Waals surface area contributed by atoms with Gasteiger partial charge in [-0.2, -0.15) is 0 Å². The van der Waals surface area contributed by atoms with E-state index in [1.165, 1.54) is 55.5 Å². The van der Waals surface area contributed by atoms with Gasteiger partial charge in [-0.15, -0.1) is 0 Å². The molecule has 0 fully saturated rings. The molecule has 1 aromatic heterocycles. The summed E-state index contributed by atoms with van der Waals surface area (Å²) in [7, 11) is 0. The molecule has 0 radical (unpaired) electrons. The third-order valence-electron chi connectivity index (χ3n) is 13.3. The molecule has 4 rings (SSSR count). The van der Waals surface area contributed by atoms with Crippen molar-refractivity contribution >= 4 is 82.0 Å². The van der Waals surface area contributed by atoms with E-state index in [0.29, 0.717) is 27.6 Å². The van der Waals surface area contributed by atoms with E-state index in [2.05, 4.69) is 57.5 Å². The Kier molecular flexibility index (Phi) is 27.1. The molecule has 4 aromatic rings. The van der Waals surface area contributed by atoms with Crippen molar-refractivity contribution in [1.82, 2.24) is 47.5 Å². The number of amides is 9. The highest BCUT2D eigenvalue weighted by atomic mass is 16.4. The number of carbonyl (C=O) groups excluding carboxylic acids is 9. The number of guanidine groups is 2. The van der Waals surface area contributed by atoms with Crippen molar-refractivity contribution in [2.75, 3.05) is 19.7 Å². The topological polar surface area (TPSA) is 565 Å². The SMILES string of the molecule is C[C@H](NC(=O)[C@H](Cc1c[nH]c2ccccc12)NC(=O)[C@H](Cc1ccc(O)cc1)NC(=O)[C@@H](N)CO)C(=O)N[C@H](C(=O)N[C@@H](CCCN=C(N)N)C(=O)N[C@@H](CC(N)=O)C(=O)N[C@@H](Cc1ccc(O)cc1)C(=O)N[C@@H](CCCN=C(N)N)C(=O)O)[C@@H](C)O. The first kappa shape index (κ1) is 69.4. The lowest BCUT2D eigenvalue weighted by molar-refractivity contribution is -0.142. The maximum Gasteiger partial charge on any atom is 0.326 e. The highest BCUT2D eigenvalue weighted by Gasteiger charge is 2.36. The van der Waals surface area contributed by atoms with Gasteiger partial charge in [-0.1, -0.05) is 42.5 Å². The predicted molar refractivity (Wildman–Crippen MR) is 315 cm³/mol. The van der Waals surface area contributed by atoms with Crippen LogP contribution in [0.25, 0.3) is 10.9 Å². The number of carboxylic acid groups (broad SMARTS) is 1. The number of aliphatic hydroxyl groups is 2. The van der Waals surface area contributed by atoms with Crippen molar-refractivity contribution in [2.24, 2.45) is 44.4 Å². The average molecular weight is 1220 g/mol. The number of aliphatic imine (C=N–C) groups is 2. The number of nitrogens with zero attached hydrogens (tertiary/aromatic N) is 2. The van der Waals surface area contributed by atoms with Gasteiger partial charge in [0.1, 0.15) is 65.9 Å². The fourth-order valence-electron chi connectivity index (χ4n) is 8.60. The van der Waals surface area contributed by atoms with Crippen LogP contribution in [0.4, 0.5) is 0 Å². The van der Waals surface area contributed by atoms with Crippen LogP contribution in [-0.2, 0) is 67.2 Å². The van der Waals surface area contributed by atoms with Gasteiger partial charge in [0.2, 0.25) is 53.2 Å². The zero-order valence-electron chi connectivity index (χ0n) is 47.7. The second-order valence-corrected chi connectivity index (χ2v) is 20.3. The number of benzene rings is 3. The van der Waals surface area contributed by atoms with Crippen molar-refractivity contribution in [2.45, 2.75) is 126 Å². The number of nitrogens with one attached hydrogen (secondary N) is 9. The molecule has 0 saturated carbocycles. The Morgan fingerprint density at radius 3 is 1.46 bits per heavy atom. The number of fused-ring (bicyclic) bond motifs is 1. The van der Waals surface area contributed by atoms with Crippen LogP contribution in [0, 0.1) is 0 Å². The number of primary amides is 1. The summed E-state index contributed by atoms with van der Waals surface area (Å²) < 4.78 is 0. The first-order chi connectivity index (χ1) is 41.1. The molecular formula is C55H77N17O15. The third kappa shape index (κ3) is 23.1. The van der Waals surface area contributed by atoms with E-state index in [1.54, 1.807) is 30.5 Å². The number of aliphatic carboxylic acids is 1. The Balaban J connectivity index is 1.58. The molecule has 0 bridgehead atoms. The van der Waals surface area contributed by atoms with Gasteiger partial charge in [-0.3, -0.25) is 53.1 Å². The second-order valence-electron chi connectivity index (χ2n) is 20.3. The molecule has 9 amide bonds. The van der Waals surface area contributed by atoms with Gasteiger partial charge in [-0.05, 0) is 86.6 Å². The normalized spacial score (nSPS) is 14.4. The average Bonchev–Trinajstić information content (AvgIpc) is 3.22. The summed E-state index contributed by atoms with van der Waals surface area (Å²) in [4.78, 5) is 147. The van der Waals surface area contributed by atoms with E-state index >= 15 is 0 Å². The molecule has 10 atom stereocenters. The van der Waals surface area contributed by atoms with Gasteiger partial charge in [0.25, 0.3) is 0 Å². The van der Waals surface area contributed by atoms with Crippen LogP contribution < -0.4 is 76.9 Å². The first-order valence-electron chi connectivity index (χ1n) is 27.4. The zero-order valence-corrected chi connectivity index (χ0v) is 47.7. The molecule has 3 aromatic carbocycles. The van der Waals surface area contributed by atoms with E-state index in [0.717, 1.165) is 6.92 Å². The van der Waals surface area contributed by atoms with Gasteiger partial charge in [0, 0.05) is 49.5 Å². The van der Waals surface area contributed by atoms with E-state index < -0.39 is 133 Å². The third-order valence-corrected chi connectivity index (χ3v) is 13.3. The molecular weight excluding hydrogens is 1140 g/mol. The van der Waals surface area contributed by atoms with Gasteiger partial charge in [-0.25, -0.2) is 4.79 Å². The van der Waals surface area contributed by atoms with Crippen LogP contribution in [-0.4, -0.2) is 182 Å². The van der Waals surface area contributed by atoms with Crippen LogP contribution >= 0.6 is 0 Å². The summed E-state index contributed by atoms with van der Waals surface area (Å²) in [6, 6.07) is 3.83. The molecule has 0 aliphatic heterocycles. The maximum absolute atomic E-state index is 14.3. The van der Waals surface area contributed by atoms with E-state index in [1.807, 2.05) is 0 Å². The number of aliphatic hydroxyl groups excluding tert-OH is 2. The Morgan fingerprint density at radius 2 is 0.966 bits per heavy atom. The number of hydrogen-bond acceptors (Lipinski definition) is 17. The molecule has 26 N–H and O–H groups in total. The summed E-state index contributed by atoms with van der Waals surface area (Å²) in [5.41, 5.74) is 35.0. The van der Waals surface area contributed by atoms with E-state index in [-0.39, 0.29) is 81.5 Å². The number of para-hydroxylation sites is 1. The van der Waals surface area contributed by atoms with Crippen molar-refractivity contribution in [3.63, 3.8) is 0 Å². The summed E-state index contributed by atoms with van der Waals surface area (Å²) in [5, 5.41) is 70.3. The minimum absolute atomic E-state index is 0.0223. The van der Waals surface area contributed by atoms with Crippen LogP contribution in [0.15, 0.2) is 89.0 Å². The number of phenolic OH excluding ortho intramolecular Hbond substituents is 2. The van der Waals surface area contributed by atoms with Crippen LogP contribution in [0.3, 0.4) is 0 Å². The second kappa shape index (κ2) is 34.0. The van der Waals surface area contributed by atoms with Crippen LogP contribution in [0.2, 0.25) is 0 Å². The van der Waals surface area contributed by atoms with Gasteiger partial charge >= 0.3 is 5.97 Å². The maximum atomic E-state index is 14.3. The summed E-state index contributed by atoms with van der Waals surface area (Å²) in [6.07, 6.45) is -2.03. The van der Waals surface area contributed by atoms with Crippen LogP contribution in [0.5, 0.6) is 11.5 Å². The minimum Gasteiger partial charge on any atom is -0.508 e. The molecule has 0 spiro atoms. The minimum atomic E-state index is -1.87. The highest BCUT2D eigenvalue weighted by Crippen LogP contribution is 2.20. The van der Waals surface area contributed by atoms with E-state index in [9.17, 15) is 73.5 Å². The fourth-order valence-corrected chi connectivity index (χ4v) is 8.60. The smallest absolute Gasteiger partial charge is 0.326 e. The van der Waals surface area contributed by atoms with E-state index in [4.69, 9.17) is 34.4 Å². The standard InChI is InChI=1S/C55H77N17O15/c1-27(65-48(81)41(23-31-25-64-36-8-4-3-7-34(31)36)70-50(83)39(68-46(79)35(56)26-73)21-29-11-15-32(75)16-12-29)45(78)72-44(28(2)74)52(85)66-37(9-5-19-62-54(58)59)47(80)71-42(24-43(57)77)51(84)69-40(22-30-13-17-33(76)18-14-30)49(82)67-38(53(86)87)10-6-20-63-55(60)61/h3-4,7-8,11-18,25,27-28,35,37-42,44,64,73-76H,5-6,9-10,19-24,26,56H2,1-2H3,(H2,57,77)(H,65,81)(H,66,85)(H,67,82)(H,68,79)(H,69,84)(H,70,83)(H,71,80)(H,72,78)(H,86,87)(H4,58,59,62)(H4,60,61,63)/t27-,28+,35-,37-,38-,39-,40-,41-,42-,44-/m0/s1. The zero-order chi connectivity index (χ0) is 64.5. The Labute approximate surface area is 498 Å². The van der Waals surface area contributed by atoms with Crippen molar-refractivity contribution in [3.8, 4) is 11.5 Å². The number of rotatable bonds is 35. The highest BCUT2D eigenvalue weighted by molar-refractivity contribution is 5.99. The lowest BCUT2D eigenvalue weighted by Gasteiger charge is -2.28. The first-order valence-corrected chi connectivity index (χ1v) is 27.4. The number of aromatic hydroxyl groups is 2. The van der Waals surface area contributed by atoms with Crippen molar-refractivity contribution in [1.29, 1.82) is 0 Å². The van der Waals surface area contributed by atoms with Gasteiger partial charge in [0.15, 0.2) is 11.9 Å².